The average molecular weight is 320 g/mol. The van der Waals surface area contributed by atoms with Crippen molar-refractivity contribution in [1.29, 1.82) is 0 Å². The van der Waals surface area contributed by atoms with Gasteiger partial charge in [-0.1, -0.05) is 0 Å². The topological polar surface area (TPSA) is 86.7 Å². The van der Waals surface area contributed by atoms with Gasteiger partial charge in [-0.2, -0.15) is 17.4 Å². The number of nitrogens with one attached hydrogen (secondary N) is 1. The largest absolute Gasteiger partial charge is 0.481 e. The summed E-state index contributed by atoms with van der Waals surface area (Å²) < 4.78 is 27.7. The third-order valence-corrected chi connectivity index (χ3v) is 5.56. The first-order valence-electron chi connectivity index (χ1n) is 6.16. The van der Waals surface area contributed by atoms with Gasteiger partial charge in [-0.05, 0) is 32.4 Å². The Labute approximate surface area is 123 Å². The van der Waals surface area contributed by atoms with Crippen LogP contribution in [-0.4, -0.2) is 37.4 Å². The predicted molar refractivity (Wildman–Crippen MR) is 79.1 cm³/mol. The standard InChI is InChI=1S/C12H20N2O4S2/c1-8-7-11(10(3)19-8)9(2)13-20(17,18)14(4)6-5-12(15)16/h7,9,13H,5-6H2,1-4H3,(H,15,16). The Morgan fingerprint density at radius 1 is 1.50 bits per heavy atom. The minimum absolute atomic E-state index is 0.0565. The lowest BCUT2D eigenvalue weighted by atomic mass is 10.1. The average Bonchev–Trinajstić information content (AvgIpc) is 2.64. The van der Waals surface area contributed by atoms with Gasteiger partial charge in [0.15, 0.2) is 0 Å². The zero-order chi connectivity index (χ0) is 15.5. The van der Waals surface area contributed by atoms with Crippen molar-refractivity contribution in [3.05, 3.63) is 21.4 Å². The van der Waals surface area contributed by atoms with E-state index in [4.69, 9.17) is 5.11 Å². The summed E-state index contributed by atoms with van der Waals surface area (Å²) in [5.74, 6) is -1.02. The van der Waals surface area contributed by atoms with Crippen LogP contribution >= 0.6 is 11.3 Å². The zero-order valence-corrected chi connectivity index (χ0v) is 13.6. The molecule has 1 aromatic rings. The molecule has 1 unspecified atom stereocenters. The van der Waals surface area contributed by atoms with E-state index in [1.807, 2.05) is 19.9 Å². The smallest absolute Gasteiger partial charge is 0.304 e. The van der Waals surface area contributed by atoms with Gasteiger partial charge < -0.3 is 5.11 Å². The molecule has 0 saturated carbocycles. The van der Waals surface area contributed by atoms with E-state index >= 15 is 0 Å². The molecule has 0 aliphatic carbocycles. The number of nitrogens with zero attached hydrogens (tertiary/aromatic N) is 1. The van der Waals surface area contributed by atoms with Crippen LogP contribution in [0.1, 0.15) is 34.7 Å². The molecule has 0 saturated heterocycles. The van der Waals surface area contributed by atoms with E-state index in [-0.39, 0.29) is 19.0 Å². The lowest BCUT2D eigenvalue weighted by Crippen LogP contribution is -2.40. The number of thiophene rings is 1. The summed E-state index contributed by atoms with van der Waals surface area (Å²) in [6.07, 6.45) is -0.220. The summed E-state index contributed by atoms with van der Waals surface area (Å²) in [5.41, 5.74) is 0.947. The summed E-state index contributed by atoms with van der Waals surface area (Å²) in [6.45, 7) is 5.64. The Bertz CT molecular complexity index is 580. The summed E-state index contributed by atoms with van der Waals surface area (Å²) in [4.78, 5) is 12.7. The fourth-order valence-electron chi connectivity index (χ4n) is 1.83. The number of aryl methyl sites for hydroxylation is 2. The molecule has 0 bridgehead atoms. The Kier molecular flexibility index (Phi) is 5.69. The lowest BCUT2D eigenvalue weighted by Gasteiger charge is -2.20. The molecule has 0 radical (unpaired) electrons. The maximum absolute atomic E-state index is 12.1. The Balaban J connectivity index is 2.75. The third kappa shape index (κ3) is 4.55. The lowest BCUT2D eigenvalue weighted by molar-refractivity contribution is -0.137. The highest BCUT2D eigenvalue weighted by Gasteiger charge is 2.22. The summed E-state index contributed by atoms with van der Waals surface area (Å²) in [5, 5.41) is 8.59. The molecule has 0 aliphatic rings. The van der Waals surface area contributed by atoms with Crippen molar-refractivity contribution in [2.45, 2.75) is 33.2 Å². The van der Waals surface area contributed by atoms with E-state index in [2.05, 4.69) is 4.72 Å². The van der Waals surface area contributed by atoms with Crippen molar-refractivity contribution in [3.63, 3.8) is 0 Å². The number of hydrogen-bond acceptors (Lipinski definition) is 4. The second-order valence-corrected chi connectivity index (χ2v) is 7.95. The minimum Gasteiger partial charge on any atom is -0.481 e. The van der Waals surface area contributed by atoms with E-state index in [0.717, 1.165) is 19.6 Å². The molecule has 6 nitrogen and oxygen atoms in total. The molecule has 0 amide bonds. The van der Waals surface area contributed by atoms with E-state index in [1.54, 1.807) is 18.3 Å². The van der Waals surface area contributed by atoms with Gasteiger partial charge in [0.1, 0.15) is 0 Å². The first-order chi connectivity index (χ1) is 9.13. The fraction of sp³-hybridized carbons (Fsp3) is 0.583. The van der Waals surface area contributed by atoms with Gasteiger partial charge in [-0.25, -0.2) is 0 Å². The van der Waals surface area contributed by atoms with Crippen molar-refractivity contribution >= 4 is 27.5 Å². The molecule has 2 N–H and O–H groups in total. The molecule has 20 heavy (non-hydrogen) atoms. The van der Waals surface area contributed by atoms with E-state index in [9.17, 15) is 13.2 Å². The van der Waals surface area contributed by atoms with Gasteiger partial charge in [0, 0.05) is 29.4 Å². The monoisotopic (exact) mass is 320 g/mol. The molecular weight excluding hydrogens is 300 g/mol. The Morgan fingerprint density at radius 3 is 2.55 bits per heavy atom. The molecule has 8 heteroatoms. The van der Waals surface area contributed by atoms with Crippen LogP contribution in [0.3, 0.4) is 0 Å². The number of carboxylic acid groups (broad SMARTS) is 1. The van der Waals surface area contributed by atoms with Gasteiger partial charge in [0.2, 0.25) is 0 Å². The van der Waals surface area contributed by atoms with Gasteiger partial charge in [0.25, 0.3) is 10.2 Å². The molecule has 1 rings (SSSR count). The molecule has 1 aromatic heterocycles. The predicted octanol–water partition coefficient (Wildman–Crippen LogP) is 1.67. The van der Waals surface area contributed by atoms with Crippen LogP contribution in [0.2, 0.25) is 0 Å². The Hall–Kier alpha value is -0.960. The Morgan fingerprint density at radius 2 is 2.10 bits per heavy atom. The van der Waals surface area contributed by atoms with Crippen LogP contribution in [0.4, 0.5) is 0 Å². The van der Waals surface area contributed by atoms with Gasteiger partial charge in [-0.15, -0.1) is 11.3 Å². The highest BCUT2D eigenvalue weighted by atomic mass is 32.2. The molecule has 0 aliphatic heterocycles. The fourth-order valence-corrected chi connectivity index (χ4v) is 3.94. The molecule has 0 fully saturated rings. The normalized spacial score (nSPS) is 13.7. The SMILES string of the molecule is Cc1cc(C(C)NS(=O)(=O)N(C)CCC(=O)O)c(C)s1. The van der Waals surface area contributed by atoms with E-state index in [0.29, 0.717) is 0 Å². The third-order valence-electron chi connectivity index (χ3n) is 2.92. The van der Waals surface area contributed by atoms with Crippen molar-refractivity contribution in [1.82, 2.24) is 9.03 Å². The van der Waals surface area contributed by atoms with Gasteiger partial charge >= 0.3 is 5.97 Å². The summed E-state index contributed by atoms with van der Waals surface area (Å²) in [6, 6.07) is 1.61. The number of rotatable bonds is 7. The van der Waals surface area contributed by atoms with Crippen molar-refractivity contribution in [2.75, 3.05) is 13.6 Å². The number of hydrogen-bond donors (Lipinski definition) is 2. The molecule has 0 spiro atoms. The molecule has 1 heterocycles. The van der Waals surface area contributed by atoms with E-state index < -0.39 is 16.2 Å². The van der Waals surface area contributed by atoms with Crippen molar-refractivity contribution < 1.29 is 18.3 Å². The zero-order valence-electron chi connectivity index (χ0n) is 12.0. The van der Waals surface area contributed by atoms with Crippen LogP contribution in [-0.2, 0) is 15.0 Å². The van der Waals surface area contributed by atoms with Crippen LogP contribution in [0, 0.1) is 13.8 Å². The number of carbonyl (C=O) groups is 1. The van der Waals surface area contributed by atoms with Gasteiger partial charge in [-0.3, -0.25) is 4.79 Å². The first-order valence-corrected chi connectivity index (χ1v) is 8.41. The number of carboxylic acids is 1. The maximum Gasteiger partial charge on any atom is 0.304 e. The summed E-state index contributed by atoms with van der Waals surface area (Å²) in [7, 11) is -2.32. The van der Waals surface area contributed by atoms with Crippen LogP contribution in [0.15, 0.2) is 6.07 Å². The molecule has 1 atom stereocenters. The van der Waals surface area contributed by atoms with Crippen LogP contribution < -0.4 is 4.72 Å². The second kappa shape index (κ2) is 6.66. The van der Waals surface area contributed by atoms with Crippen molar-refractivity contribution in [3.8, 4) is 0 Å². The first kappa shape index (κ1) is 17.1. The highest BCUT2D eigenvalue weighted by molar-refractivity contribution is 7.87. The summed E-state index contributed by atoms with van der Waals surface area (Å²) >= 11 is 1.62. The van der Waals surface area contributed by atoms with Crippen molar-refractivity contribution in [2.24, 2.45) is 0 Å². The highest BCUT2D eigenvalue weighted by Crippen LogP contribution is 2.26. The molecule has 0 aromatic carbocycles. The molecular formula is C12H20N2O4S2. The maximum atomic E-state index is 12.1. The minimum atomic E-state index is -3.69. The van der Waals surface area contributed by atoms with Crippen LogP contribution in [0.25, 0.3) is 0 Å². The van der Waals surface area contributed by atoms with Gasteiger partial charge in [0.05, 0.1) is 6.42 Å². The van der Waals surface area contributed by atoms with Crippen LogP contribution in [0.5, 0.6) is 0 Å². The van der Waals surface area contributed by atoms with E-state index in [1.165, 1.54) is 7.05 Å². The number of aliphatic carboxylic acids is 1. The quantitative estimate of drug-likeness (QED) is 0.800. The molecule has 114 valence electrons. The second-order valence-electron chi connectivity index (χ2n) is 4.68.